The molecule has 0 unspecified atom stereocenters. The van der Waals surface area contributed by atoms with Crippen LogP contribution < -0.4 is 10.9 Å². The summed E-state index contributed by atoms with van der Waals surface area (Å²) in [5.74, 6) is -0.219. The van der Waals surface area contributed by atoms with E-state index in [1.807, 2.05) is 4.90 Å². The lowest BCUT2D eigenvalue weighted by Gasteiger charge is -2.33. The molecule has 0 saturated carbocycles. The highest BCUT2D eigenvalue weighted by Gasteiger charge is 2.25. The molecule has 1 N–H and O–H groups in total. The molecule has 2 aromatic rings. The molecule has 0 aliphatic carbocycles. The highest BCUT2D eigenvalue weighted by Crippen LogP contribution is 2.26. The minimum absolute atomic E-state index is 0.0189. The Bertz CT molecular complexity index is 1040. The Morgan fingerprint density at radius 1 is 1.21 bits per heavy atom. The van der Waals surface area contributed by atoms with E-state index in [9.17, 15) is 14.4 Å². The second kappa shape index (κ2) is 12.4. The fourth-order valence-electron chi connectivity index (χ4n) is 4.75. The summed E-state index contributed by atoms with van der Waals surface area (Å²) in [6.45, 7) is 12.6. The van der Waals surface area contributed by atoms with Gasteiger partial charge in [-0.1, -0.05) is 13.8 Å². The molecule has 8 nitrogen and oxygen atoms in total. The van der Waals surface area contributed by atoms with Crippen molar-refractivity contribution >= 4 is 33.4 Å². The average molecular weight is 490 g/mol. The maximum atomic E-state index is 13.2. The maximum Gasteiger partial charge on any atom is 0.262 e. The Kier molecular flexibility index (Phi) is 9.64. The van der Waals surface area contributed by atoms with Gasteiger partial charge < -0.3 is 15.1 Å². The van der Waals surface area contributed by atoms with Crippen LogP contribution >= 0.6 is 11.3 Å². The first kappa shape index (κ1) is 26.3. The van der Waals surface area contributed by atoms with E-state index < -0.39 is 0 Å². The lowest BCUT2D eigenvalue weighted by molar-refractivity contribution is -0.135. The molecule has 0 aromatic carbocycles. The second-order valence-corrected chi connectivity index (χ2v) is 10.3. The van der Waals surface area contributed by atoms with Gasteiger partial charge in [0.05, 0.1) is 16.6 Å². The summed E-state index contributed by atoms with van der Waals surface area (Å²) in [6, 6.07) is 0.197. The number of piperidine rings is 1. The number of aryl methyl sites for hydroxylation is 1. The normalized spacial score (nSPS) is 16.4. The fourth-order valence-corrected chi connectivity index (χ4v) is 5.80. The van der Waals surface area contributed by atoms with E-state index in [2.05, 4.69) is 36.0 Å². The van der Waals surface area contributed by atoms with Crippen LogP contribution in [0.2, 0.25) is 0 Å². The number of rotatable bonds is 11. The molecule has 1 aliphatic heterocycles. The third-order valence-corrected chi connectivity index (χ3v) is 7.77. The smallest absolute Gasteiger partial charge is 0.262 e. The maximum absolute atomic E-state index is 13.2. The van der Waals surface area contributed by atoms with Crippen molar-refractivity contribution in [2.45, 2.75) is 78.8 Å². The number of nitrogens with zero attached hydrogens (tertiary/aromatic N) is 4. The van der Waals surface area contributed by atoms with E-state index in [1.54, 1.807) is 6.92 Å². The van der Waals surface area contributed by atoms with Crippen LogP contribution in [-0.2, 0) is 11.3 Å². The third kappa shape index (κ3) is 6.24. The van der Waals surface area contributed by atoms with Gasteiger partial charge >= 0.3 is 0 Å². The summed E-state index contributed by atoms with van der Waals surface area (Å²) in [4.78, 5) is 48.6. The van der Waals surface area contributed by atoms with E-state index in [0.717, 1.165) is 64.7 Å². The van der Waals surface area contributed by atoms with Crippen molar-refractivity contribution in [3.05, 3.63) is 27.1 Å². The average Bonchev–Trinajstić information content (AvgIpc) is 3.16. The van der Waals surface area contributed by atoms with Gasteiger partial charge in [-0.15, -0.1) is 11.3 Å². The lowest BCUT2D eigenvalue weighted by Crippen LogP contribution is -2.44. The fraction of sp³-hybridized carbons (Fsp3) is 0.680. The second-order valence-electron chi connectivity index (χ2n) is 9.30. The van der Waals surface area contributed by atoms with Crippen molar-refractivity contribution in [3.8, 4) is 0 Å². The molecule has 1 saturated heterocycles. The number of carbonyl (C=O) groups is 2. The summed E-state index contributed by atoms with van der Waals surface area (Å²) in [7, 11) is 0. The van der Waals surface area contributed by atoms with Gasteiger partial charge in [-0.3, -0.25) is 19.0 Å². The number of hydrogen-bond donors (Lipinski definition) is 1. The molecule has 1 aliphatic rings. The molecule has 34 heavy (non-hydrogen) atoms. The molecule has 0 radical (unpaired) electrons. The number of amides is 2. The van der Waals surface area contributed by atoms with Crippen LogP contribution in [0.15, 0.2) is 11.1 Å². The number of fused-ring (bicyclic) bond motifs is 1. The van der Waals surface area contributed by atoms with Crippen LogP contribution in [0.1, 0.15) is 74.5 Å². The third-order valence-electron chi connectivity index (χ3n) is 6.57. The van der Waals surface area contributed by atoms with Crippen LogP contribution in [-0.4, -0.2) is 69.9 Å². The molecule has 3 rings (SSSR count). The van der Waals surface area contributed by atoms with Crippen molar-refractivity contribution in [2.75, 3.05) is 32.7 Å². The van der Waals surface area contributed by atoms with Gasteiger partial charge in [-0.05, 0) is 77.6 Å². The molecule has 1 fully saturated rings. The monoisotopic (exact) mass is 489 g/mol. The molecule has 0 bridgehead atoms. The van der Waals surface area contributed by atoms with Gasteiger partial charge in [0, 0.05) is 19.1 Å². The Balaban J connectivity index is 1.66. The molecule has 0 spiro atoms. The molecule has 188 valence electrons. The van der Waals surface area contributed by atoms with E-state index in [1.165, 1.54) is 22.2 Å². The van der Waals surface area contributed by atoms with Crippen LogP contribution in [0.5, 0.6) is 0 Å². The molecule has 2 amide bonds. The van der Waals surface area contributed by atoms with Gasteiger partial charge in [0.2, 0.25) is 5.91 Å². The van der Waals surface area contributed by atoms with Crippen LogP contribution in [0.25, 0.3) is 10.2 Å². The van der Waals surface area contributed by atoms with Gasteiger partial charge in [0.1, 0.15) is 11.4 Å². The minimum atomic E-state index is -0.259. The number of likely N-dealkylation sites (tertiary alicyclic amines) is 1. The van der Waals surface area contributed by atoms with Crippen molar-refractivity contribution in [2.24, 2.45) is 0 Å². The van der Waals surface area contributed by atoms with Crippen LogP contribution in [0.4, 0.5) is 0 Å². The van der Waals surface area contributed by atoms with Gasteiger partial charge in [-0.25, -0.2) is 4.98 Å². The minimum Gasteiger partial charge on any atom is -0.351 e. The number of nitrogens with one attached hydrogen (secondary N) is 1. The highest BCUT2D eigenvalue weighted by molar-refractivity contribution is 7.20. The predicted octanol–water partition coefficient (Wildman–Crippen LogP) is 3.41. The number of hydrogen-bond acceptors (Lipinski definition) is 6. The molecule has 1 atom stereocenters. The topological polar surface area (TPSA) is 87.5 Å². The SMILES string of the molecule is CCCN(CCC)CCCNC(=O)c1sc2ncn(CC(=O)N3CCCC[C@H]3C)c(=O)c2c1C. The van der Waals surface area contributed by atoms with E-state index in [-0.39, 0.29) is 30.0 Å². The van der Waals surface area contributed by atoms with Gasteiger partial charge in [0.25, 0.3) is 11.5 Å². The number of carbonyl (C=O) groups excluding carboxylic acids is 2. The van der Waals surface area contributed by atoms with Crippen molar-refractivity contribution < 1.29 is 9.59 Å². The van der Waals surface area contributed by atoms with Crippen molar-refractivity contribution in [1.29, 1.82) is 0 Å². The zero-order chi connectivity index (χ0) is 24.7. The van der Waals surface area contributed by atoms with Crippen molar-refractivity contribution in [1.82, 2.24) is 24.7 Å². The standard InChI is InChI=1S/C25H39N5O3S/c1-5-12-28(13-6-2)14-9-11-26-23(32)22-19(4)21-24(34-22)27-17-29(25(21)33)16-20(31)30-15-8-7-10-18(30)3/h17-18H,5-16H2,1-4H3,(H,26,32)/t18-/m1/s1. The highest BCUT2D eigenvalue weighted by atomic mass is 32.1. The first-order valence-corrected chi connectivity index (χ1v) is 13.5. The lowest BCUT2D eigenvalue weighted by atomic mass is 10.0. The molecular weight excluding hydrogens is 450 g/mol. The summed E-state index contributed by atoms with van der Waals surface area (Å²) in [5, 5.41) is 3.44. The molecule has 2 aromatic heterocycles. The summed E-state index contributed by atoms with van der Waals surface area (Å²) in [6.07, 6.45) is 7.70. The van der Waals surface area contributed by atoms with Gasteiger partial charge in [-0.2, -0.15) is 0 Å². The Morgan fingerprint density at radius 2 is 1.94 bits per heavy atom. The molecule has 9 heteroatoms. The van der Waals surface area contributed by atoms with E-state index in [0.29, 0.717) is 27.2 Å². The molecule has 3 heterocycles. The zero-order valence-electron chi connectivity index (χ0n) is 21.1. The summed E-state index contributed by atoms with van der Waals surface area (Å²) >= 11 is 1.24. The summed E-state index contributed by atoms with van der Waals surface area (Å²) in [5.41, 5.74) is 0.382. The van der Waals surface area contributed by atoms with Crippen molar-refractivity contribution in [3.63, 3.8) is 0 Å². The quantitative estimate of drug-likeness (QED) is 0.489. The Labute approximate surface area is 206 Å². The van der Waals surface area contributed by atoms with E-state index >= 15 is 0 Å². The van der Waals surface area contributed by atoms with Gasteiger partial charge in [0.15, 0.2) is 0 Å². The predicted molar refractivity (Wildman–Crippen MR) is 138 cm³/mol. The Hall–Kier alpha value is -2.26. The summed E-state index contributed by atoms with van der Waals surface area (Å²) < 4.78 is 1.38. The number of thiophene rings is 1. The largest absolute Gasteiger partial charge is 0.351 e. The van der Waals surface area contributed by atoms with Crippen LogP contribution in [0, 0.1) is 6.92 Å². The number of aromatic nitrogens is 2. The van der Waals surface area contributed by atoms with Crippen LogP contribution in [0.3, 0.4) is 0 Å². The Morgan fingerprint density at radius 3 is 2.62 bits per heavy atom. The first-order chi connectivity index (χ1) is 16.4. The zero-order valence-corrected chi connectivity index (χ0v) is 21.9. The first-order valence-electron chi connectivity index (χ1n) is 12.7. The molecular formula is C25H39N5O3S. The van der Waals surface area contributed by atoms with E-state index in [4.69, 9.17) is 0 Å².